The molecule has 136 valence electrons. The van der Waals surface area contributed by atoms with Gasteiger partial charge in [-0.2, -0.15) is 0 Å². The monoisotopic (exact) mass is 352 g/mol. The van der Waals surface area contributed by atoms with Gasteiger partial charge in [-0.15, -0.1) is 0 Å². The third-order valence-electron chi connectivity index (χ3n) is 5.22. The summed E-state index contributed by atoms with van der Waals surface area (Å²) in [5, 5.41) is 0. The summed E-state index contributed by atoms with van der Waals surface area (Å²) in [6, 6.07) is 11.3. The van der Waals surface area contributed by atoms with E-state index in [-0.39, 0.29) is 0 Å². The number of ether oxygens (including phenoxy) is 1. The van der Waals surface area contributed by atoms with Gasteiger partial charge in [0.2, 0.25) is 0 Å². The Hall–Kier alpha value is -0.723. The quantitative estimate of drug-likeness (QED) is 0.589. The Labute approximate surface area is 147 Å². The highest BCUT2D eigenvalue weighted by atomic mass is 28.4. The normalized spacial score (nSPS) is 21.8. The summed E-state index contributed by atoms with van der Waals surface area (Å²) in [6.07, 6.45) is 6.23. The van der Waals surface area contributed by atoms with Gasteiger partial charge in [-0.05, 0) is 36.7 Å². The Morgan fingerprint density at radius 3 is 2.04 bits per heavy atom. The summed E-state index contributed by atoms with van der Waals surface area (Å²) in [6.45, 7) is 1.61. The van der Waals surface area contributed by atoms with Crippen LogP contribution in [0.3, 0.4) is 0 Å². The van der Waals surface area contributed by atoms with Gasteiger partial charge in [0, 0.05) is 34.0 Å². The van der Waals surface area contributed by atoms with Crippen LogP contribution >= 0.6 is 0 Å². The van der Waals surface area contributed by atoms with Gasteiger partial charge in [0.05, 0.1) is 6.61 Å². The molecule has 5 heteroatoms. The van der Waals surface area contributed by atoms with Crippen molar-refractivity contribution >= 4 is 8.80 Å². The molecule has 2 rings (SSSR count). The predicted octanol–water partition coefficient (Wildman–Crippen LogP) is 4.28. The van der Waals surface area contributed by atoms with Crippen LogP contribution in [0.15, 0.2) is 30.3 Å². The Morgan fingerprint density at radius 2 is 1.46 bits per heavy atom. The minimum atomic E-state index is -2.40. The molecule has 4 nitrogen and oxygen atoms in total. The first-order valence-corrected chi connectivity index (χ1v) is 10.9. The first kappa shape index (κ1) is 19.6. The number of hydrogen-bond donors (Lipinski definition) is 0. The van der Waals surface area contributed by atoms with Crippen LogP contribution in [0.25, 0.3) is 0 Å². The Bertz CT molecular complexity index is 434. The maximum atomic E-state index is 5.91. The fourth-order valence-electron chi connectivity index (χ4n) is 3.54. The van der Waals surface area contributed by atoms with Crippen molar-refractivity contribution in [2.75, 3.05) is 27.9 Å². The average molecular weight is 353 g/mol. The van der Waals surface area contributed by atoms with Crippen molar-refractivity contribution in [2.45, 2.75) is 44.8 Å². The lowest BCUT2D eigenvalue weighted by Crippen LogP contribution is -2.43. The zero-order valence-corrected chi connectivity index (χ0v) is 16.3. The van der Waals surface area contributed by atoms with E-state index in [1.54, 1.807) is 21.3 Å². The molecule has 1 saturated carbocycles. The Balaban J connectivity index is 1.62. The summed E-state index contributed by atoms with van der Waals surface area (Å²) in [7, 11) is 2.68. The van der Waals surface area contributed by atoms with E-state index in [0.717, 1.165) is 31.6 Å². The topological polar surface area (TPSA) is 36.9 Å². The molecule has 0 bridgehead atoms. The van der Waals surface area contributed by atoms with E-state index >= 15 is 0 Å². The standard InChI is InChI=1S/C19H32O4Si/c1-20-24(21-2,22-3)14-13-17-9-11-19(12-10-17)16-23-15-18-7-5-4-6-8-18/h4-8,17,19H,9-16H2,1-3H3. The van der Waals surface area contributed by atoms with Crippen molar-refractivity contribution in [3.63, 3.8) is 0 Å². The molecule has 0 amide bonds. The largest absolute Gasteiger partial charge is 0.500 e. The zero-order valence-electron chi connectivity index (χ0n) is 15.3. The van der Waals surface area contributed by atoms with Crippen LogP contribution in [-0.2, 0) is 24.6 Å². The molecular formula is C19H32O4Si. The van der Waals surface area contributed by atoms with Gasteiger partial charge in [-0.3, -0.25) is 0 Å². The fourth-order valence-corrected chi connectivity index (χ4v) is 5.42. The van der Waals surface area contributed by atoms with Gasteiger partial charge in [0.25, 0.3) is 0 Å². The van der Waals surface area contributed by atoms with Crippen LogP contribution in [0, 0.1) is 11.8 Å². The summed E-state index contributed by atoms with van der Waals surface area (Å²) in [4.78, 5) is 0. The molecule has 1 aromatic carbocycles. The SMILES string of the molecule is CO[Si](CCC1CCC(COCc2ccccc2)CC1)(OC)OC. The molecule has 0 spiro atoms. The molecule has 0 N–H and O–H groups in total. The molecule has 0 radical (unpaired) electrons. The summed E-state index contributed by atoms with van der Waals surface area (Å²) >= 11 is 0. The second-order valence-corrected chi connectivity index (χ2v) is 9.81. The van der Waals surface area contributed by atoms with Crippen LogP contribution < -0.4 is 0 Å². The fraction of sp³-hybridized carbons (Fsp3) is 0.684. The van der Waals surface area contributed by atoms with Crippen LogP contribution in [0.4, 0.5) is 0 Å². The maximum Gasteiger partial charge on any atom is 0.500 e. The van der Waals surface area contributed by atoms with Gasteiger partial charge in [0.15, 0.2) is 0 Å². The molecule has 0 aliphatic heterocycles. The van der Waals surface area contributed by atoms with Crippen molar-refractivity contribution in [3.8, 4) is 0 Å². The van der Waals surface area contributed by atoms with Gasteiger partial charge in [-0.1, -0.05) is 43.2 Å². The third-order valence-corrected chi connectivity index (χ3v) is 7.99. The van der Waals surface area contributed by atoms with E-state index in [1.165, 1.54) is 31.2 Å². The van der Waals surface area contributed by atoms with Gasteiger partial charge >= 0.3 is 8.80 Å². The number of hydrogen-bond acceptors (Lipinski definition) is 4. The van der Waals surface area contributed by atoms with E-state index in [9.17, 15) is 0 Å². The third kappa shape index (κ3) is 5.97. The number of rotatable bonds is 10. The minimum Gasteiger partial charge on any atom is -0.377 e. The minimum absolute atomic E-state index is 0.708. The van der Waals surface area contributed by atoms with E-state index in [4.69, 9.17) is 18.0 Å². The van der Waals surface area contributed by atoms with E-state index in [2.05, 4.69) is 24.3 Å². The lowest BCUT2D eigenvalue weighted by atomic mass is 9.81. The second kappa shape index (κ2) is 10.3. The summed E-state index contributed by atoms with van der Waals surface area (Å²) < 4.78 is 22.5. The first-order chi connectivity index (χ1) is 11.7. The molecule has 1 aliphatic rings. The highest BCUT2D eigenvalue weighted by molar-refractivity contribution is 6.60. The van der Waals surface area contributed by atoms with E-state index in [1.807, 2.05) is 6.07 Å². The van der Waals surface area contributed by atoms with E-state index < -0.39 is 8.80 Å². The molecule has 0 aromatic heterocycles. The van der Waals surface area contributed by atoms with Gasteiger partial charge in [0.1, 0.15) is 0 Å². The van der Waals surface area contributed by atoms with Crippen molar-refractivity contribution in [3.05, 3.63) is 35.9 Å². The van der Waals surface area contributed by atoms with Crippen LogP contribution in [0.5, 0.6) is 0 Å². The molecule has 1 aliphatic carbocycles. The van der Waals surface area contributed by atoms with Crippen molar-refractivity contribution < 1.29 is 18.0 Å². The average Bonchev–Trinajstić information content (AvgIpc) is 2.65. The maximum absolute atomic E-state index is 5.91. The molecular weight excluding hydrogens is 320 g/mol. The van der Waals surface area contributed by atoms with Gasteiger partial charge < -0.3 is 18.0 Å². The predicted molar refractivity (Wildman–Crippen MR) is 97.8 cm³/mol. The lowest BCUT2D eigenvalue weighted by Gasteiger charge is -2.31. The zero-order chi connectivity index (χ0) is 17.3. The highest BCUT2D eigenvalue weighted by Crippen LogP contribution is 2.33. The first-order valence-electron chi connectivity index (χ1n) is 8.98. The van der Waals surface area contributed by atoms with Gasteiger partial charge in [-0.25, -0.2) is 0 Å². The molecule has 0 saturated heterocycles. The van der Waals surface area contributed by atoms with Crippen molar-refractivity contribution in [1.82, 2.24) is 0 Å². The van der Waals surface area contributed by atoms with E-state index in [0.29, 0.717) is 5.92 Å². The molecule has 1 fully saturated rings. The summed E-state index contributed by atoms with van der Waals surface area (Å²) in [5.41, 5.74) is 1.26. The van der Waals surface area contributed by atoms with Crippen LogP contribution in [-0.4, -0.2) is 36.7 Å². The molecule has 1 aromatic rings. The Morgan fingerprint density at radius 1 is 0.875 bits per heavy atom. The lowest BCUT2D eigenvalue weighted by molar-refractivity contribution is 0.0657. The molecule has 0 heterocycles. The second-order valence-electron chi connectivity index (χ2n) is 6.72. The smallest absolute Gasteiger partial charge is 0.377 e. The highest BCUT2D eigenvalue weighted by Gasteiger charge is 2.38. The molecule has 24 heavy (non-hydrogen) atoms. The molecule has 0 atom stereocenters. The van der Waals surface area contributed by atoms with Crippen LogP contribution in [0.2, 0.25) is 6.04 Å². The van der Waals surface area contributed by atoms with Crippen molar-refractivity contribution in [1.29, 1.82) is 0 Å². The summed E-state index contributed by atoms with van der Waals surface area (Å²) in [5.74, 6) is 1.47. The number of benzene rings is 1. The van der Waals surface area contributed by atoms with Crippen LogP contribution in [0.1, 0.15) is 37.7 Å². The molecule has 0 unspecified atom stereocenters. The Kier molecular flexibility index (Phi) is 8.42. The van der Waals surface area contributed by atoms with Crippen molar-refractivity contribution in [2.24, 2.45) is 11.8 Å².